The second-order valence-corrected chi connectivity index (χ2v) is 6.67. The summed E-state index contributed by atoms with van der Waals surface area (Å²) in [5, 5.41) is 6.56. The van der Waals surface area contributed by atoms with E-state index in [0.29, 0.717) is 5.92 Å². The Bertz CT molecular complexity index is 540. The minimum absolute atomic E-state index is 0.243. The molecule has 3 unspecified atom stereocenters. The Morgan fingerprint density at radius 2 is 2.20 bits per heavy atom. The first-order valence-electron chi connectivity index (χ1n) is 7.97. The molecule has 1 aromatic carbocycles. The first-order valence-corrected chi connectivity index (χ1v) is 7.97. The maximum absolute atomic E-state index is 12.4. The Labute approximate surface area is 120 Å². The van der Waals surface area contributed by atoms with Crippen molar-refractivity contribution in [2.24, 2.45) is 17.8 Å². The molecule has 1 heterocycles. The lowest BCUT2D eigenvalue weighted by Crippen LogP contribution is -2.27. The lowest BCUT2D eigenvalue weighted by molar-refractivity contribution is -0.121. The quantitative estimate of drug-likeness (QED) is 0.864. The van der Waals surface area contributed by atoms with Crippen LogP contribution in [0.4, 0.5) is 11.4 Å². The molecule has 0 saturated heterocycles. The Morgan fingerprint density at radius 1 is 1.25 bits per heavy atom. The molecule has 3 aliphatic rings. The Morgan fingerprint density at radius 3 is 3.00 bits per heavy atom. The van der Waals surface area contributed by atoms with Crippen molar-refractivity contribution in [2.75, 3.05) is 17.2 Å². The molecule has 1 aromatic rings. The molecular formula is C17H22N2O. The van der Waals surface area contributed by atoms with Crippen LogP contribution in [-0.4, -0.2) is 12.5 Å². The Hall–Kier alpha value is -1.51. The van der Waals surface area contributed by atoms with E-state index in [9.17, 15) is 4.79 Å². The van der Waals surface area contributed by atoms with E-state index in [1.807, 2.05) is 0 Å². The van der Waals surface area contributed by atoms with Gasteiger partial charge >= 0.3 is 0 Å². The van der Waals surface area contributed by atoms with E-state index < -0.39 is 0 Å². The SMILES string of the molecule is O=C(Nc1ccc2c(c1)NCCC2)C1CC2CCC1C2. The smallest absolute Gasteiger partial charge is 0.227 e. The van der Waals surface area contributed by atoms with E-state index in [1.165, 1.54) is 36.9 Å². The summed E-state index contributed by atoms with van der Waals surface area (Å²) in [6.45, 7) is 1.04. The van der Waals surface area contributed by atoms with E-state index in [-0.39, 0.29) is 11.8 Å². The Kier molecular flexibility index (Phi) is 2.94. The average molecular weight is 270 g/mol. The number of anilines is 2. The van der Waals surface area contributed by atoms with Crippen molar-refractivity contribution in [3.8, 4) is 0 Å². The fourth-order valence-corrected chi connectivity index (χ4v) is 4.34. The molecule has 4 rings (SSSR count). The minimum atomic E-state index is 0.243. The van der Waals surface area contributed by atoms with Crippen LogP contribution in [0.3, 0.4) is 0 Å². The highest BCUT2D eigenvalue weighted by Crippen LogP contribution is 2.48. The number of aryl methyl sites for hydroxylation is 1. The van der Waals surface area contributed by atoms with E-state index >= 15 is 0 Å². The summed E-state index contributed by atoms with van der Waals surface area (Å²) in [5.74, 6) is 1.97. The molecule has 1 amide bonds. The summed E-state index contributed by atoms with van der Waals surface area (Å²) in [7, 11) is 0. The number of benzene rings is 1. The number of hydrogen-bond donors (Lipinski definition) is 2. The van der Waals surface area contributed by atoms with Crippen LogP contribution in [0.15, 0.2) is 18.2 Å². The van der Waals surface area contributed by atoms with Crippen LogP contribution in [0.2, 0.25) is 0 Å². The van der Waals surface area contributed by atoms with Crippen molar-refractivity contribution in [2.45, 2.75) is 38.5 Å². The third-order valence-electron chi connectivity index (χ3n) is 5.39. The maximum Gasteiger partial charge on any atom is 0.227 e. The van der Waals surface area contributed by atoms with Gasteiger partial charge in [0.05, 0.1) is 0 Å². The predicted molar refractivity (Wildman–Crippen MR) is 80.8 cm³/mol. The molecule has 20 heavy (non-hydrogen) atoms. The van der Waals surface area contributed by atoms with E-state index in [0.717, 1.165) is 31.0 Å². The molecule has 3 atom stereocenters. The highest BCUT2D eigenvalue weighted by atomic mass is 16.1. The largest absolute Gasteiger partial charge is 0.385 e. The molecule has 3 heteroatoms. The standard InChI is InChI=1S/C17H22N2O/c20-17(15-9-11-3-4-13(15)8-11)19-14-6-5-12-2-1-7-18-16(12)10-14/h5-6,10-11,13,15,18H,1-4,7-9H2,(H,19,20). The number of carbonyl (C=O) groups is 1. The summed E-state index contributed by atoms with van der Waals surface area (Å²) >= 11 is 0. The molecule has 2 fully saturated rings. The highest BCUT2D eigenvalue weighted by molar-refractivity contribution is 5.93. The van der Waals surface area contributed by atoms with Gasteiger partial charge in [-0.2, -0.15) is 0 Å². The van der Waals surface area contributed by atoms with Crippen LogP contribution in [0.25, 0.3) is 0 Å². The lowest BCUT2D eigenvalue weighted by Gasteiger charge is -2.22. The summed E-state index contributed by atoms with van der Waals surface area (Å²) in [6.07, 6.45) is 7.34. The third kappa shape index (κ3) is 2.09. The van der Waals surface area contributed by atoms with Crippen molar-refractivity contribution < 1.29 is 4.79 Å². The van der Waals surface area contributed by atoms with Gasteiger partial charge in [0.25, 0.3) is 0 Å². The van der Waals surface area contributed by atoms with Gasteiger partial charge in [-0.05, 0) is 61.6 Å². The Balaban J connectivity index is 1.47. The maximum atomic E-state index is 12.4. The zero-order valence-electron chi connectivity index (χ0n) is 11.8. The van der Waals surface area contributed by atoms with Gasteiger partial charge in [-0.3, -0.25) is 4.79 Å². The van der Waals surface area contributed by atoms with E-state index in [1.54, 1.807) is 0 Å². The van der Waals surface area contributed by atoms with Gasteiger partial charge in [0.15, 0.2) is 0 Å². The number of fused-ring (bicyclic) bond motifs is 3. The lowest BCUT2D eigenvalue weighted by atomic mass is 9.88. The number of hydrogen-bond acceptors (Lipinski definition) is 2. The molecule has 1 aliphatic heterocycles. The fraction of sp³-hybridized carbons (Fsp3) is 0.588. The van der Waals surface area contributed by atoms with Gasteiger partial charge in [0, 0.05) is 23.8 Å². The summed E-state index contributed by atoms with van der Waals surface area (Å²) in [6, 6.07) is 6.30. The second-order valence-electron chi connectivity index (χ2n) is 6.67. The number of rotatable bonds is 2. The third-order valence-corrected chi connectivity index (χ3v) is 5.39. The van der Waals surface area contributed by atoms with Crippen LogP contribution in [-0.2, 0) is 11.2 Å². The van der Waals surface area contributed by atoms with E-state index in [4.69, 9.17) is 0 Å². The average Bonchev–Trinajstić information content (AvgIpc) is 3.10. The van der Waals surface area contributed by atoms with Crippen LogP contribution in [0, 0.1) is 17.8 Å². The first-order chi connectivity index (χ1) is 9.79. The van der Waals surface area contributed by atoms with Gasteiger partial charge in [0.1, 0.15) is 0 Å². The van der Waals surface area contributed by atoms with E-state index in [2.05, 4.69) is 28.8 Å². The fourth-order valence-electron chi connectivity index (χ4n) is 4.34. The summed E-state index contributed by atoms with van der Waals surface area (Å²) < 4.78 is 0. The van der Waals surface area contributed by atoms with Crippen molar-refractivity contribution in [1.29, 1.82) is 0 Å². The normalized spacial score (nSPS) is 30.7. The molecule has 2 bridgehead atoms. The molecule has 0 aromatic heterocycles. The van der Waals surface area contributed by atoms with Gasteiger partial charge in [-0.1, -0.05) is 12.5 Å². The molecular weight excluding hydrogens is 248 g/mol. The van der Waals surface area contributed by atoms with Crippen molar-refractivity contribution >= 4 is 17.3 Å². The number of carbonyl (C=O) groups excluding carboxylic acids is 1. The topological polar surface area (TPSA) is 41.1 Å². The van der Waals surface area contributed by atoms with Gasteiger partial charge in [-0.15, -0.1) is 0 Å². The van der Waals surface area contributed by atoms with Crippen LogP contribution < -0.4 is 10.6 Å². The summed E-state index contributed by atoms with van der Waals surface area (Å²) in [4.78, 5) is 12.4. The van der Waals surface area contributed by atoms with Gasteiger partial charge < -0.3 is 10.6 Å². The first kappa shape index (κ1) is 12.2. The van der Waals surface area contributed by atoms with Crippen LogP contribution >= 0.6 is 0 Å². The molecule has 2 N–H and O–H groups in total. The zero-order chi connectivity index (χ0) is 13.5. The molecule has 106 valence electrons. The van der Waals surface area contributed by atoms with Gasteiger partial charge in [-0.25, -0.2) is 0 Å². The highest BCUT2D eigenvalue weighted by Gasteiger charge is 2.43. The molecule has 3 nitrogen and oxygen atoms in total. The second kappa shape index (κ2) is 4.80. The van der Waals surface area contributed by atoms with Gasteiger partial charge in [0.2, 0.25) is 5.91 Å². The molecule has 2 aliphatic carbocycles. The zero-order valence-corrected chi connectivity index (χ0v) is 11.8. The van der Waals surface area contributed by atoms with Crippen molar-refractivity contribution in [1.82, 2.24) is 0 Å². The van der Waals surface area contributed by atoms with Crippen LogP contribution in [0.1, 0.15) is 37.7 Å². The number of nitrogens with one attached hydrogen (secondary N) is 2. The predicted octanol–water partition coefficient (Wildman–Crippen LogP) is 3.42. The minimum Gasteiger partial charge on any atom is -0.385 e. The molecule has 0 radical (unpaired) electrons. The molecule has 0 spiro atoms. The van der Waals surface area contributed by atoms with Crippen LogP contribution in [0.5, 0.6) is 0 Å². The van der Waals surface area contributed by atoms with Crippen molar-refractivity contribution in [3.05, 3.63) is 23.8 Å². The monoisotopic (exact) mass is 270 g/mol. The van der Waals surface area contributed by atoms with Crippen molar-refractivity contribution in [3.63, 3.8) is 0 Å². The number of amides is 1. The molecule has 2 saturated carbocycles. The summed E-state index contributed by atoms with van der Waals surface area (Å²) in [5.41, 5.74) is 3.52.